The highest BCUT2D eigenvalue weighted by Crippen LogP contribution is 2.24. The van der Waals surface area contributed by atoms with Gasteiger partial charge < -0.3 is 10.4 Å². The first-order valence-corrected chi connectivity index (χ1v) is 5.78. The van der Waals surface area contributed by atoms with Crippen molar-refractivity contribution in [2.45, 2.75) is 19.4 Å². The zero-order chi connectivity index (χ0) is 10.7. The highest BCUT2D eigenvalue weighted by molar-refractivity contribution is 7.16. The van der Waals surface area contributed by atoms with E-state index in [4.69, 9.17) is 5.11 Å². The summed E-state index contributed by atoms with van der Waals surface area (Å²) in [5, 5.41) is 15.3. The van der Waals surface area contributed by atoms with Crippen molar-refractivity contribution in [3.63, 3.8) is 0 Å². The molecule has 2 heterocycles. The Balaban J connectivity index is 2.30. The number of hydrogen-bond acceptors (Lipinski definition) is 5. The molecule has 0 spiro atoms. The van der Waals surface area contributed by atoms with Crippen LogP contribution in [0.5, 0.6) is 0 Å². The average Bonchev–Trinajstić information content (AvgIpc) is 2.74. The molecule has 0 bridgehead atoms. The standard InChI is InChI=1S/C10H13N3OS/c1-2-7(5-14)13-9-8-3-4-15-10(8)12-6-11-9/h3-4,6-7,14H,2,5H2,1H3,(H,11,12,13). The zero-order valence-electron chi connectivity index (χ0n) is 8.47. The number of nitrogens with one attached hydrogen (secondary N) is 1. The normalized spacial score (nSPS) is 12.9. The molecule has 2 rings (SSSR count). The van der Waals surface area contributed by atoms with Crippen molar-refractivity contribution in [1.82, 2.24) is 9.97 Å². The summed E-state index contributed by atoms with van der Waals surface area (Å²) in [6.07, 6.45) is 2.41. The lowest BCUT2D eigenvalue weighted by Crippen LogP contribution is -2.23. The van der Waals surface area contributed by atoms with Gasteiger partial charge in [0.15, 0.2) is 0 Å². The van der Waals surface area contributed by atoms with Crippen LogP contribution in [0.1, 0.15) is 13.3 Å². The van der Waals surface area contributed by atoms with E-state index >= 15 is 0 Å². The van der Waals surface area contributed by atoms with Gasteiger partial charge in [-0.25, -0.2) is 9.97 Å². The fraction of sp³-hybridized carbons (Fsp3) is 0.400. The molecule has 4 nitrogen and oxygen atoms in total. The second-order valence-electron chi connectivity index (χ2n) is 3.29. The van der Waals surface area contributed by atoms with Crippen LogP contribution in [0.4, 0.5) is 5.82 Å². The van der Waals surface area contributed by atoms with Crippen molar-refractivity contribution >= 4 is 27.4 Å². The Bertz CT molecular complexity index is 439. The van der Waals surface area contributed by atoms with Crippen molar-refractivity contribution < 1.29 is 5.11 Å². The molecule has 2 aromatic rings. The molecule has 80 valence electrons. The third-order valence-electron chi connectivity index (χ3n) is 2.32. The number of anilines is 1. The second-order valence-corrected chi connectivity index (χ2v) is 4.19. The summed E-state index contributed by atoms with van der Waals surface area (Å²) >= 11 is 1.59. The molecule has 0 saturated heterocycles. The molecule has 2 aromatic heterocycles. The Morgan fingerprint density at radius 1 is 1.53 bits per heavy atom. The maximum absolute atomic E-state index is 9.11. The molecule has 0 aliphatic carbocycles. The van der Waals surface area contributed by atoms with Gasteiger partial charge in [0.05, 0.1) is 18.0 Å². The number of aromatic nitrogens is 2. The van der Waals surface area contributed by atoms with Gasteiger partial charge in [-0.05, 0) is 17.9 Å². The van der Waals surface area contributed by atoms with Gasteiger partial charge in [-0.1, -0.05) is 6.92 Å². The Kier molecular flexibility index (Phi) is 3.13. The monoisotopic (exact) mass is 223 g/mol. The summed E-state index contributed by atoms with van der Waals surface area (Å²) < 4.78 is 0. The smallest absolute Gasteiger partial charge is 0.138 e. The van der Waals surface area contributed by atoms with Crippen LogP contribution in [0.15, 0.2) is 17.8 Å². The number of rotatable bonds is 4. The molecule has 1 atom stereocenters. The van der Waals surface area contributed by atoms with Gasteiger partial charge in [0, 0.05) is 0 Å². The molecular weight excluding hydrogens is 210 g/mol. The lowest BCUT2D eigenvalue weighted by Gasteiger charge is -2.14. The molecule has 0 radical (unpaired) electrons. The van der Waals surface area contributed by atoms with Crippen LogP contribution >= 0.6 is 11.3 Å². The first kappa shape index (κ1) is 10.3. The predicted octanol–water partition coefficient (Wildman–Crippen LogP) is 1.87. The van der Waals surface area contributed by atoms with Gasteiger partial charge in [0.25, 0.3) is 0 Å². The predicted molar refractivity (Wildman–Crippen MR) is 62.2 cm³/mol. The number of fused-ring (bicyclic) bond motifs is 1. The fourth-order valence-electron chi connectivity index (χ4n) is 1.38. The van der Waals surface area contributed by atoms with E-state index in [1.165, 1.54) is 0 Å². The summed E-state index contributed by atoms with van der Waals surface area (Å²) in [5.41, 5.74) is 0. The van der Waals surface area contributed by atoms with Gasteiger partial charge in [-0.2, -0.15) is 0 Å². The van der Waals surface area contributed by atoms with Gasteiger partial charge in [0.1, 0.15) is 17.0 Å². The molecule has 2 N–H and O–H groups in total. The van der Waals surface area contributed by atoms with Crippen molar-refractivity contribution in [3.05, 3.63) is 17.8 Å². The highest BCUT2D eigenvalue weighted by Gasteiger charge is 2.08. The van der Waals surface area contributed by atoms with Crippen LogP contribution in [0, 0.1) is 0 Å². The third kappa shape index (κ3) is 2.08. The number of aliphatic hydroxyl groups is 1. The van der Waals surface area contributed by atoms with Gasteiger partial charge in [-0.3, -0.25) is 0 Å². The first-order valence-electron chi connectivity index (χ1n) is 4.90. The van der Waals surface area contributed by atoms with Gasteiger partial charge in [-0.15, -0.1) is 11.3 Å². The maximum atomic E-state index is 9.11. The third-order valence-corrected chi connectivity index (χ3v) is 3.14. The highest BCUT2D eigenvalue weighted by atomic mass is 32.1. The van der Waals surface area contributed by atoms with Crippen LogP contribution < -0.4 is 5.32 Å². The Morgan fingerprint density at radius 3 is 3.13 bits per heavy atom. The van der Waals surface area contributed by atoms with Crippen LogP contribution in [-0.2, 0) is 0 Å². The van der Waals surface area contributed by atoms with Crippen molar-refractivity contribution in [2.24, 2.45) is 0 Å². The molecule has 0 amide bonds. The van der Waals surface area contributed by atoms with Crippen LogP contribution in [0.25, 0.3) is 10.2 Å². The summed E-state index contributed by atoms with van der Waals surface area (Å²) in [7, 11) is 0. The molecule has 1 unspecified atom stereocenters. The molecule has 15 heavy (non-hydrogen) atoms. The average molecular weight is 223 g/mol. The number of thiophene rings is 1. The molecule has 0 aliphatic heterocycles. The van der Waals surface area contributed by atoms with Gasteiger partial charge >= 0.3 is 0 Å². The van der Waals surface area contributed by atoms with Gasteiger partial charge in [0.2, 0.25) is 0 Å². The minimum absolute atomic E-state index is 0.0583. The van der Waals surface area contributed by atoms with Crippen LogP contribution in [-0.4, -0.2) is 27.7 Å². The SMILES string of the molecule is CCC(CO)Nc1ncnc2sccc12. The topological polar surface area (TPSA) is 58.0 Å². The largest absolute Gasteiger partial charge is 0.394 e. The fourth-order valence-corrected chi connectivity index (χ4v) is 2.11. The quantitative estimate of drug-likeness (QED) is 0.830. The number of hydrogen-bond donors (Lipinski definition) is 2. The number of nitrogens with zero attached hydrogens (tertiary/aromatic N) is 2. The minimum atomic E-state index is 0.0583. The number of aliphatic hydroxyl groups excluding tert-OH is 1. The Labute approximate surface area is 92.0 Å². The summed E-state index contributed by atoms with van der Waals surface area (Å²) in [4.78, 5) is 9.33. The summed E-state index contributed by atoms with van der Waals surface area (Å²) in [5.74, 6) is 0.808. The van der Waals surface area contributed by atoms with E-state index in [2.05, 4.69) is 15.3 Å². The van der Waals surface area contributed by atoms with Crippen LogP contribution in [0.2, 0.25) is 0 Å². The van der Waals surface area contributed by atoms with Crippen LogP contribution in [0.3, 0.4) is 0 Å². The zero-order valence-corrected chi connectivity index (χ0v) is 9.29. The summed E-state index contributed by atoms with van der Waals surface area (Å²) in [6.45, 7) is 2.14. The summed E-state index contributed by atoms with van der Waals surface area (Å²) in [6, 6.07) is 2.05. The van der Waals surface area contributed by atoms with E-state index in [0.29, 0.717) is 0 Å². The lowest BCUT2D eigenvalue weighted by molar-refractivity contribution is 0.271. The molecular formula is C10H13N3OS. The molecule has 0 aromatic carbocycles. The first-order chi connectivity index (χ1) is 7.35. The minimum Gasteiger partial charge on any atom is -0.394 e. The van der Waals surface area contributed by atoms with Crippen molar-refractivity contribution in [1.29, 1.82) is 0 Å². The Morgan fingerprint density at radius 2 is 2.40 bits per heavy atom. The molecule has 0 saturated carbocycles. The van der Waals surface area contributed by atoms with E-state index in [9.17, 15) is 0 Å². The van der Waals surface area contributed by atoms with Crippen molar-refractivity contribution in [3.8, 4) is 0 Å². The van der Waals surface area contributed by atoms with E-state index in [1.807, 2.05) is 18.4 Å². The Hall–Kier alpha value is -1.20. The van der Waals surface area contributed by atoms with E-state index in [-0.39, 0.29) is 12.6 Å². The molecule has 5 heteroatoms. The van der Waals surface area contributed by atoms with Crippen molar-refractivity contribution in [2.75, 3.05) is 11.9 Å². The lowest BCUT2D eigenvalue weighted by atomic mass is 10.2. The van der Waals surface area contributed by atoms with E-state index in [0.717, 1.165) is 22.5 Å². The second kappa shape index (κ2) is 4.55. The molecule has 0 fully saturated rings. The van der Waals surface area contributed by atoms with E-state index < -0.39 is 0 Å². The maximum Gasteiger partial charge on any atom is 0.138 e. The molecule has 0 aliphatic rings. The van der Waals surface area contributed by atoms with E-state index in [1.54, 1.807) is 17.7 Å².